The topological polar surface area (TPSA) is 59.4 Å². The van der Waals surface area contributed by atoms with E-state index in [4.69, 9.17) is 4.74 Å². The van der Waals surface area contributed by atoms with E-state index < -0.39 is 6.10 Å². The first-order valence-electron chi connectivity index (χ1n) is 9.19. The Bertz CT molecular complexity index is 717. The largest absolute Gasteiger partial charge is 0.481 e. The van der Waals surface area contributed by atoms with Crippen LogP contribution in [0.4, 0.5) is 0 Å². The van der Waals surface area contributed by atoms with E-state index in [1.54, 1.807) is 7.11 Å². The molecule has 1 N–H and O–H groups in total. The van der Waals surface area contributed by atoms with Crippen LogP contribution in [0.25, 0.3) is 0 Å². The van der Waals surface area contributed by atoms with Gasteiger partial charge in [-0.2, -0.15) is 0 Å². The third-order valence-electron chi connectivity index (χ3n) is 6.32. The van der Waals surface area contributed by atoms with Gasteiger partial charge in [0.25, 0.3) is 0 Å². The number of halogens is 1. The summed E-state index contributed by atoms with van der Waals surface area (Å²) >= 11 is 3.59. The van der Waals surface area contributed by atoms with Crippen molar-refractivity contribution in [1.82, 2.24) is 4.98 Å². The van der Waals surface area contributed by atoms with Gasteiger partial charge in [0.15, 0.2) is 0 Å². The number of aliphatic hydroxyl groups is 1. The molecule has 3 aliphatic rings. The van der Waals surface area contributed by atoms with Crippen LogP contribution in [0.3, 0.4) is 0 Å². The molecule has 134 valence electrons. The number of carbonyl (C=O) groups excluding carboxylic acids is 1. The lowest BCUT2D eigenvalue weighted by atomic mass is 9.60. The fraction of sp³-hybridized carbons (Fsp3) is 0.600. The number of fused-ring (bicyclic) bond motifs is 3. The molecule has 1 aromatic rings. The van der Waals surface area contributed by atoms with Crippen LogP contribution in [0.2, 0.25) is 0 Å². The van der Waals surface area contributed by atoms with E-state index in [2.05, 4.69) is 20.9 Å². The molecular formula is C20H24BrNO3. The number of aliphatic hydroxyl groups excluding tert-OH is 1. The summed E-state index contributed by atoms with van der Waals surface area (Å²) < 4.78 is 6.21. The Morgan fingerprint density at radius 1 is 1.28 bits per heavy atom. The van der Waals surface area contributed by atoms with Crippen molar-refractivity contribution in [2.24, 2.45) is 23.7 Å². The SMILES string of the molecule is COc1ccc(Br)c(CC2=C[C@H](O)[C@H]3CC(=O)[C@@H]4CCCC[C@H]4[C@H]23)n1. The van der Waals surface area contributed by atoms with Crippen LogP contribution >= 0.6 is 15.9 Å². The van der Waals surface area contributed by atoms with Gasteiger partial charge in [0.2, 0.25) is 5.88 Å². The zero-order valence-corrected chi connectivity index (χ0v) is 16.0. The number of ketones is 1. The maximum Gasteiger partial charge on any atom is 0.213 e. The number of ether oxygens (including phenoxy) is 1. The highest BCUT2D eigenvalue weighted by atomic mass is 79.9. The Morgan fingerprint density at radius 3 is 2.88 bits per heavy atom. The molecule has 2 saturated carbocycles. The van der Waals surface area contributed by atoms with Gasteiger partial charge in [-0.05, 0) is 46.7 Å². The standard InChI is InChI=1S/C20H24BrNO3/c1-25-19-7-6-15(21)16(22-19)8-11-9-17(23)14-10-18(24)12-4-2-3-5-13(12)20(11)14/h6-7,9,12-14,17,20,23H,2-5,8,10H2,1H3/t12-,13-,14-,17+,20+/m1/s1. The first-order chi connectivity index (χ1) is 12.1. The van der Waals surface area contributed by atoms with E-state index in [0.717, 1.165) is 29.4 Å². The average Bonchev–Trinajstić information content (AvgIpc) is 2.93. The predicted octanol–water partition coefficient (Wildman–Crippen LogP) is 3.71. The molecule has 0 amide bonds. The van der Waals surface area contributed by atoms with Crippen LogP contribution < -0.4 is 4.74 Å². The summed E-state index contributed by atoms with van der Waals surface area (Å²) in [5.41, 5.74) is 2.19. The monoisotopic (exact) mass is 405 g/mol. The highest BCUT2D eigenvalue weighted by molar-refractivity contribution is 9.10. The van der Waals surface area contributed by atoms with E-state index >= 15 is 0 Å². The summed E-state index contributed by atoms with van der Waals surface area (Å²) in [6.07, 6.45) is 7.21. The maximum atomic E-state index is 12.5. The lowest BCUT2D eigenvalue weighted by molar-refractivity contribution is -0.133. The van der Waals surface area contributed by atoms with Crippen LogP contribution in [0.1, 0.15) is 37.8 Å². The van der Waals surface area contributed by atoms with Gasteiger partial charge < -0.3 is 9.84 Å². The van der Waals surface area contributed by atoms with Gasteiger partial charge in [0, 0.05) is 35.2 Å². The summed E-state index contributed by atoms with van der Waals surface area (Å²) in [6, 6.07) is 3.79. The average molecular weight is 406 g/mol. The molecule has 0 unspecified atom stereocenters. The number of rotatable bonds is 3. The quantitative estimate of drug-likeness (QED) is 0.778. The van der Waals surface area contributed by atoms with Gasteiger partial charge in [-0.1, -0.05) is 24.5 Å². The number of carbonyl (C=O) groups is 1. The molecule has 0 spiro atoms. The molecule has 4 nitrogen and oxygen atoms in total. The predicted molar refractivity (Wildman–Crippen MR) is 98.3 cm³/mol. The van der Waals surface area contributed by atoms with Crippen LogP contribution in [-0.2, 0) is 11.2 Å². The normalized spacial score (nSPS) is 34.3. The molecule has 1 aromatic heterocycles. The maximum absolute atomic E-state index is 12.5. The van der Waals surface area contributed by atoms with Gasteiger partial charge in [-0.15, -0.1) is 0 Å². The number of aromatic nitrogens is 1. The molecule has 5 atom stereocenters. The minimum absolute atomic E-state index is 0.0613. The van der Waals surface area contributed by atoms with Crippen LogP contribution in [0.5, 0.6) is 5.88 Å². The molecule has 0 aliphatic heterocycles. The zero-order valence-electron chi connectivity index (χ0n) is 14.5. The number of hydrogen-bond donors (Lipinski definition) is 1. The van der Waals surface area contributed by atoms with Crippen molar-refractivity contribution in [1.29, 1.82) is 0 Å². The lowest BCUT2D eigenvalue weighted by Crippen LogP contribution is -2.43. The van der Waals surface area contributed by atoms with Gasteiger partial charge >= 0.3 is 0 Å². The Balaban J connectivity index is 1.64. The second kappa shape index (κ2) is 6.84. The molecule has 4 rings (SSSR count). The summed E-state index contributed by atoms with van der Waals surface area (Å²) in [5.74, 6) is 1.95. The second-order valence-corrected chi connectivity index (χ2v) is 8.46. The Hall–Kier alpha value is -1.20. The molecule has 0 bridgehead atoms. The molecular weight excluding hydrogens is 382 g/mol. The fourth-order valence-corrected chi connectivity index (χ4v) is 5.59. The third kappa shape index (κ3) is 3.06. The highest BCUT2D eigenvalue weighted by Crippen LogP contribution is 2.52. The number of methoxy groups -OCH3 is 1. The molecule has 0 saturated heterocycles. The Kier molecular flexibility index (Phi) is 4.71. The summed E-state index contributed by atoms with van der Waals surface area (Å²) in [5, 5.41) is 10.6. The lowest BCUT2D eigenvalue weighted by Gasteiger charge is -2.44. The molecule has 2 fully saturated rings. The van der Waals surface area contributed by atoms with E-state index in [9.17, 15) is 9.90 Å². The summed E-state index contributed by atoms with van der Waals surface area (Å²) in [4.78, 5) is 17.1. The molecule has 5 heteroatoms. The number of allylic oxidation sites excluding steroid dienone is 1. The van der Waals surface area contributed by atoms with Crippen molar-refractivity contribution in [2.75, 3.05) is 7.11 Å². The number of nitrogens with zero attached hydrogens (tertiary/aromatic N) is 1. The van der Waals surface area contributed by atoms with Gasteiger partial charge in [0.05, 0.1) is 18.9 Å². The minimum atomic E-state index is -0.504. The summed E-state index contributed by atoms with van der Waals surface area (Å²) in [7, 11) is 1.62. The number of pyridine rings is 1. The minimum Gasteiger partial charge on any atom is -0.481 e. The highest BCUT2D eigenvalue weighted by Gasteiger charge is 2.50. The van der Waals surface area contributed by atoms with E-state index in [0.29, 0.717) is 36.3 Å². The first kappa shape index (κ1) is 17.2. The van der Waals surface area contributed by atoms with Gasteiger partial charge in [-0.3, -0.25) is 4.79 Å². The van der Waals surface area contributed by atoms with Gasteiger partial charge in [-0.25, -0.2) is 4.98 Å². The van der Waals surface area contributed by atoms with Crippen molar-refractivity contribution in [2.45, 2.75) is 44.6 Å². The Labute approximate surface area is 156 Å². The van der Waals surface area contributed by atoms with Crippen molar-refractivity contribution >= 4 is 21.7 Å². The third-order valence-corrected chi connectivity index (χ3v) is 7.04. The van der Waals surface area contributed by atoms with Crippen molar-refractivity contribution in [3.63, 3.8) is 0 Å². The second-order valence-electron chi connectivity index (χ2n) is 7.61. The van der Waals surface area contributed by atoms with Crippen LogP contribution in [-0.4, -0.2) is 29.1 Å². The van der Waals surface area contributed by atoms with Crippen molar-refractivity contribution in [3.8, 4) is 5.88 Å². The molecule has 0 aromatic carbocycles. The molecule has 3 aliphatic carbocycles. The van der Waals surface area contributed by atoms with E-state index in [1.165, 1.54) is 12.0 Å². The van der Waals surface area contributed by atoms with Gasteiger partial charge in [0.1, 0.15) is 5.78 Å². The van der Waals surface area contributed by atoms with Crippen LogP contribution in [0.15, 0.2) is 28.3 Å². The number of Topliss-reactive ketones (excluding diaryl/α,β-unsaturated/α-hetero) is 1. The van der Waals surface area contributed by atoms with Crippen molar-refractivity contribution < 1.29 is 14.6 Å². The van der Waals surface area contributed by atoms with Crippen LogP contribution in [0, 0.1) is 23.7 Å². The molecule has 25 heavy (non-hydrogen) atoms. The van der Waals surface area contributed by atoms with E-state index in [1.807, 2.05) is 18.2 Å². The number of hydrogen-bond acceptors (Lipinski definition) is 4. The molecule has 0 radical (unpaired) electrons. The fourth-order valence-electron chi connectivity index (χ4n) is 5.23. The zero-order chi connectivity index (χ0) is 17.6. The molecule has 1 heterocycles. The Morgan fingerprint density at radius 2 is 2.08 bits per heavy atom. The van der Waals surface area contributed by atoms with E-state index in [-0.39, 0.29) is 11.8 Å². The summed E-state index contributed by atoms with van der Waals surface area (Å²) in [6.45, 7) is 0. The first-order valence-corrected chi connectivity index (χ1v) is 9.98. The smallest absolute Gasteiger partial charge is 0.213 e. The van der Waals surface area contributed by atoms with Crippen molar-refractivity contribution in [3.05, 3.63) is 33.9 Å².